The number of para-hydroxylation sites is 2. The van der Waals surface area contributed by atoms with Crippen LogP contribution in [0, 0.1) is 5.82 Å². The number of hydrogen-bond acceptors (Lipinski definition) is 6. The van der Waals surface area contributed by atoms with Gasteiger partial charge in [-0.3, -0.25) is 13.8 Å². The molecule has 0 bridgehead atoms. The van der Waals surface area contributed by atoms with Crippen molar-refractivity contribution >= 4 is 49.9 Å². The summed E-state index contributed by atoms with van der Waals surface area (Å²) in [7, 11) is 0. The van der Waals surface area contributed by atoms with Gasteiger partial charge in [0.25, 0.3) is 5.56 Å². The highest BCUT2D eigenvalue weighted by Crippen LogP contribution is 2.33. The molecule has 6 nitrogen and oxygen atoms in total. The monoisotopic (exact) mass is 519 g/mol. The molecule has 0 spiro atoms. The quantitative estimate of drug-likeness (QED) is 0.252. The fourth-order valence-electron chi connectivity index (χ4n) is 3.87. The summed E-state index contributed by atoms with van der Waals surface area (Å²) in [6.07, 6.45) is 0. The molecule has 6 rings (SSSR count). The first-order valence-electron chi connectivity index (χ1n) is 10.6. The van der Waals surface area contributed by atoms with Crippen molar-refractivity contribution in [1.29, 1.82) is 0 Å². The average Bonchev–Trinajstić information content (AvgIpc) is 3.45. The predicted molar refractivity (Wildman–Crippen MR) is 138 cm³/mol. The number of aromatic nitrogens is 5. The maximum Gasteiger partial charge on any atom is 0.259 e. The Balaban J connectivity index is 1.41. The first kappa shape index (κ1) is 22.0. The number of halogens is 2. The molecular formula is C25H15ClFN5OS2. The zero-order chi connectivity index (χ0) is 23.9. The third kappa shape index (κ3) is 3.91. The zero-order valence-electron chi connectivity index (χ0n) is 17.9. The Kier molecular flexibility index (Phi) is 5.60. The van der Waals surface area contributed by atoms with E-state index in [1.54, 1.807) is 33.2 Å². The minimum Gasteiger partial charge on any atom is -0.269 e. The molecule has 3 aromatic heterocycles. The molecule has 0 atom stereocenters. The van der Waals surface area contributed by atoms with Crippen LogP contribution in [0.4, 0.5) is 4.39 Å². The lowest BCUT2D eigenvalue weighted by Gasteiger charge is -2.12. The Hall–Kier alpha value is -3.53. The summed E-state index contributed by atoms with van der Waals surface area (Å²) in [5, 5.41) is 9.60. The first-order valence-corrected chi connectivity index (χ1v) is 12.8. The number of thioether (sulfide) groups is 1. The smallest absolute Gasteiger partial charge is 0.259 e. The maximum atomic E-state index is 14.8. The van der Waals surface area contributed by atoms with Crippen LogP contribution in [0.1, 0.15) is 5.69 Å². The van der Waals surface area contributed by atoms with E-state index in [0.29, 0.717) is 43.7 Å². The summed E-state index contributed by atoms with van der Waals surface area (Å²) in [6, 6.07) is 22.9. The van der Waals surface area contributed by atoms with E-state index in [2.05, 4.69) is 10.2 Å². The molecule has 0 unspecified atom stereocenters. The molecular weight excluding hydrogens is 505 g/mol. The lowest BCUT2D eigenvalue weighted by Crippen LogP contribution is -2.13. The van der Waals surface area contributed by atoms with Gasteiger partial charge in [-0.25, -0.2) is 9.37 Å². The van der Waals surface area contributed by atoms with E-state index in [1.165, 1.54) is 35.2 Å². The Labute approximate surface area is 211 Å². The number of hydrogen-bond donors (Lipinski definition) is 0. The molecule has 35 heavy (non-hydrogen) atoms. The average molecular weight is 520 g/mol. The normalized spacial score (nSPS) is 11.5. The van der Waals surface area contributed by atoms with Crippen LogP contribution in [0.5, 0.6) is 0 Å². The van der Waals surface area contributed by atoms with Crippen molar-refractivity contribution in [2.75, 3.05) is 0 Å². The number of fused-ring (bicyclic) bond motifs is 3. The molecule has 172 valence electrons. The Morgan fingerprint density at radius 3 is 2.60 bits per heavy atom. The van der Waals surface area contributed by atoms with E-state index in [9.17, 15) is 9.18 Å². The molecule has 0 aliphatic rings. The highest BCUT2D eigenvalue weighted by Gasteiger charge is 2.20. The Bertz CT molecular complexity index is 1780. The standard InChI is InChI=1S/C25H15ClFN5OS2/c26-17-8-2-1-7-16(17)23-29-30-25(32(23)19-10-4-3-9-18(19)27)34-14-15-13-22(33)31-20-11-5-6-12-21(20)35-24(31)28-15/h1-13H,14H2. The lowest BCUT2D eigenvalue weighted by atomic mass is 10.2. The van der Waals surface area contributed by atoms with Gasteiger partial charge >= 0.3 is 0 Å². The van der Waals surface area contributed by atoms with Crippen molar-refractivity contribution in [3.63, 3.8) is 0 Å². The Morgan fingerprint density at radius 1 is 0.971 bits per heavy atom. The van der Waals surface area contributed by atoms with Crippen molar-refractivity contribution < 1.29 is 4.39 Å². The van der Waals surface area contributed by atoms with Gasteiger partial charge in [0.1, 0.15) is 5.82 Å². The SMILES string of the molecule is O=c1cc(CSc2nnc(-c3ccccc3Cl)n2-c2ccccc2F)nc2sc3ccccc3n12. The molecule has 0 aliphatic carbocycles. The predicted octanol–water partition coefficient (Wildman–Crippen LogP) is 6.24. The summed E-state index contributed by atoms with van der Waals surface area (Å²) in [4.78, 5) is 18.2. The van der Waals surface area contributed by atoms with Gasteiger partial charge in [0, 0.05) is 17.4 Å². The van der Waals surface area contributed by atoms with Crippen molar-refractivity contribution in [2.24, 2.45) is 0 Å². The van der Waals surface area contributed by atoms with Gasteiger partial charge < -0.3 is 0 Å². The number of rotatable bonds is 5. The Morgan fingerprint density at radius 2 is 1.74 bits per heavy atom. The molecule has 0 radical (unpaired) electrons. The van der Waals surface area contributed by atoms with Gasteiger partial charge in [-0.15, -0.1) is 10.2 Å². The van der Waals surface area contributed by atoms with Gasteiger partial charge in [0.05, 0.1) is 26.6 Å². The van der Waals surface area contributed by atoms with E-state index >= 15 is 0 Å². The zero-order valence-corrected chi connectivity index (χ0v) is 20.3. The number of nitrogens with zero attached hydrogens (tertiary/aromatic N) is 5. The third-order valence-electron chi connectivity index (χ3n) is 5.44. The van der Waals surface area contributed by atoms with Crippen molar-refractivity contribution in [2.45, 2.75) is 10.9 Å². The minimum absolute atomic E-state index is 0.143. The van der Waals surface area contributed by atoms with Gasteiger partial charge in [-0.05, 0) is 36.4 Å². The molecule has 3 heterocycles. The fraction of sp³-hybridized carbons (Fsp3) is 0.0400. The second-order valence-electron chi connectivity index (χ2n) is 7.64. The molecule has 0 N–H and O–H groups in total. The van der Waals surface area contributed by atoms with Crippen molar-refractivity contribution in [3.8, 4) is 17.1 Å². The molecule has 0 aliphatic heterocycles. The molecule has 6 aromatic rings. The fourth-order valence-corrected chi connectivity index (χ4v) is 5.97. The van der Waals surface area contributed by atoms with Gasteiger partial charge in [0.2, 0.25) is 0 Å². The highest BCUT2D eigenvalue weighted by atomic mass is 35.5. The van der Waals surface area contributed by atoms with Crippen LogP contribution in [0.25, 0.3) is 32.3 Å². The van der Waals surface area contributed by atoms with Crippen LogP contribution in [0.3, 0.4) is 0 Å². The summed E-state index contributed by atoms with van der Waals surface area (Å²) < 4.78 is 19.1. The summed E-state index contributed by atoms with van der Waals surface area (Å²) >= 11 is 9.20. The largest absolute Gasteiger partial charge is 0.269 e. The van der Waals surface area contributed by atoms with Crippen LogP contribution >= 0.6 is 34.7 Å². The number of thiazole rings is 1. The van der Waals surface area contributed by atoms with Crippen LogP contribution in [-0.4, -0.2) is 24.1 Å². The molecule has 10 heteroatoms. The second kappa shape index (κ2) is 8.92. The maximum absolute atomic E-state index is 14.8. The summed E-state index contributed by atoms with van der Waals surface area (Å²) in [5.41, 5.74) is 2.25. The third-order valence-corrected chi connectivity index (χ3v) is 7.75. The van der Waals surface area contributed by atoms with E-state index in [1.807, 2.05) is 42.5 Å². The number of benzene rings is 3. The van der Waals surface area contributed by atoms with Crippen LogP contribution in [0.15, 0.2) is 88.8 Å². The van der Waals surface area contributed by atoms with E-state index in [-0.39, 0.29) is 5.56 Å². The first-order chi connectivity index (χ1) is 17.1. The van der Waals surface area contributed by atoms with Crippen LogP contribution in [-0.2, 0) is 5.75 Å². The highest BCUT2D eigenvalue weighted by molar-refractivity contribution is 7.98. The molecule has 0 saturated carbocycles. The molecule has 0 fully saturated rings. The minimum atomic E-state index is -0.412. The molecule has 0 saturated heterocycles. The lowest BCUT2D eigenvalue weighted by molar-refractivity contribution is 0.613. The van der Waals surface area contributed by atoms with Crippen LogP contribution in [0.2, 0.25) is 5.02 Å². The van der Waals surface area contributed by atoms with Gasteiger partial charge in [-0.2, -0.15) is 0 Å². The topological polar surface area (TPSA) is 65.1 Å². The van der Waals surface area contributed by atoms with Crippen molar-refractivity contribution in [3.05, 3.63) is 106 Å². The van der Waals surface area contributed by atoms with Crippen LogP contribution < -0.4 is 5.56 Å². The summed E-state index contributed by atoms with van der Waals surface area (Å²) in [5.74, 6) is 0.372. The van der Waals surface area contributed by atoms with Gasteiger partial charge in [0.15, 0.2) is 15.9 Å². The van der Waals surface area contributed by atoms with Crippen molar-refractivity contribution in [1.82, 2.24) is 24.1 Å². The molecule has 3 aromatic carbocycles. The summed E-state index contributed by atoms with van der Waals surface area (Å²) in [6.45, 7) is 0. The van der Waals surface area contributed by atoms with E-state index < -0.39 is 5.82 Å². The van der Waals surface area contributed by atoms with Gasteiger partial charge in [-0.1, -0.05) is 71.1 Å². The molecule has 0 amide bonds. The van der Waals surface area contributed by atoms with E-state index in [4.69, 9.17) is 16.6 Å². The van der Waals surface area contributed by atoms with E-state index in [0.717, 1.165) is 10.2 Å². The second-order valence-corrected chi connectivity index (χ2v) is 9.99.